The lowest BCUT2D eigenvalue weighted by atomic mass is 10.1. The lowest BCUT2D eigenvalue weighted by molar-refractivity contribution is 0.0807. The number of aliphatic hydroxyl groups excluding tert-OH is 1. The van der Waals surface area contributed by atoms with Gasteiger partial charge in [-0.3, -0.25) is 0 Å². The maximum atomic E-state index is 12.8. The first-order chi connectivity index (χ1) is 8.63. The van der Waals surface area contributed by atoms with Crippen LogP contribution >= 0.6 is 11.6 Å². The van der Waals surface area contributed by atoms with Gasteiger partial charge in [-0.1, -0.05) is 31.0 Å². The first kappa shape index (κ1) is 15.4. The number of halogens is 2. The van der Waals surface area contributed by atoms with Crippen LogP contribution in [-0.4, -0.2) is 24.4 Å². The Morgan fingerprint density at radius 2 is 2.17 bits per heavy atom. The molecule has 1 aromatic rings. The van der Waals surface area contributed by atoms with E-state index in [2.05, 4.69) is 6.92 Å². The molecule has 2 nitrogen and oxygen atoms in total. The standard InChI is InChI=1S/C14H20ClFO2/c1-2-3-7-18-8-6-13(17)9-11-4-5-12(16)10-14(11)15/h4-5,10,13,17H,2-3,6-9H2,1H3. The number of ether oxygens (including phenoxy) is 1. The molecule has 18 heavy (non-hydrogen) atoms. The molecule has 1 rings (SSSR count). The van der Waals surface area contributed by atoms with Crippen LogP contribution in [0.2, 0.25) is 5.02 Å². The Morgan fingerprint density at radius 1 is 1.39 bits per heavy atom. The highest BCUT2D eigenvalue weighted by molar-refractivity contribution is 6.31. The van der Waals surface area contributed by atoms with Gasteiger partial charge in [0.25, 0.3) is 0 Å². The maximum Gasteiger partial charge on any atom is 0.124 e. The van der Waals surface area contributed by atoms with Gasteiger partial charge in [0.2, 0.25) is 0 Å². The second-order valence-corrected chi connectivity index (χ2v) is 4.76. The fourth-order valence-electron chi connectivity index (χ4n) is 1.61. The quantitative estimate of drug-likeness (QED) is 0.734. The summed E-state index contributed by atoms with van der Waals surface area (Å²) in [6.45, 7) is 3.38. The minimum absolute atomic E-state index is 0.360. The Bertz CT molecular complexity index is 358. The zero-order valence-corrected chi connectivity index (χ0v) is 11.4. The van der Waals surface area contributed by atoms with Crippen molar-refractivity contribution < 1.29 is 14.2 Å². The number of unbranched alkanes of at least 4 members (excludes halogenated alkanes) is 1. The van der Waals surface area contributed by atoms with Gasteiger partial charge < -0.3 is 9.84 Å². The fraction of sp³-hybridized carbons (Fsp3) is 0.571. The van der Waals surface area contributed by atoms with E-state index < -0.39 is 6.10 Å². The Balaban J connectivity index is 2.28. The average Bonchev–Trinajstić information content (AvgIpc) is 2.32. The van der Waals surface area contributed by atoms with Crippen molar-refractivity contribution >= 4 is 11.6 Å². The summed E-state index contributed by atoms with van der Waals surface area (Å²) in [7, 11) is 0. The Morgan fingerprint density at radius 3 is 2.83 bits per heavy atom. The van der Waals surface area contributed by atoms with Crippen LogP contribution in [-0.2, 0) is 11.2 Å². The summed E-state index contributed by atoms with van der Waals surface area (Å²) in [6.07, 6.45) is 2.64. The van der Waals surface area contributed by atoms with Gasteiger partial charge in [-0.25, -0.2) is 4.39 Å². The molecule has 0 aliphatic carbocycles. The summed E-state index contributed by atoms with van der Waals surface area (Å²) < 4.78 is 18.2. The van der Waals surface area contributed by atoms with E-state index in [1.807, 2.05) is 0 Å². The molecule has 0 saturated carbocycles. The molecule has 1 unspecified atom stereocenters. The summed E-state index contributed by atoms with van der Waals surface area (Å²) >= 11 is 5.89. The van der Waals surface area contributed by atoms with Gasteiger partial charge in [0.15, 0.2) is 0 Å². The van der Waals surface area contributed by atoms with Crippen molar-refractivity contribution in [2.75, 3.05) is 13.2 Å². The molecule has 0 heterocycles. The van der Waals surface area contributed by atoms with Gasteiger partial charge in [0.1, 0.15) is 5.82 Å². The largest absolute Gasteiger partial charge is 0.393 e. The van der Waals surface area contributed by atoms with Crippen molar-refractivity contribution in [2.45, 2.75) is 38.7 Å². The zero-order valence-electron chi connectivity index (χ0n) is 10.7. The summed E-state index contributed by atoms with van der Waals surface area (Å²) in [5.74, 6) is -0.360. The minimum Gasteiger partial charge on any atom is -0.393 e. The molecule has 0 aromatic heterocycles. The maximum absolute atomic E-state index is 12.8. The predicted octanol–water partition coefficient (Wildman–Crippen LogP) is 3.59. The molecule has 0 radical (unpaired) electrons. The Hall–Kier alpha value is -0.640. The van der Waals surface area contributed by atoms with Crippen molar-refractivity contribution in [3.63, 3.8) is 0 Å². The number of rotatable bonds is 8. The lowest BCUT2D eigenvalue weighted by Crippen LogP contribution is -2.14. The fourth-order valence-corrected chi connectivity index (χ4v) is 1.86. The molecular weight excluding hydrogens is 255 g/mol. The molecule has 102 valence electrons. The Labute approximate surface area is 113 Å². The monoisotopic (exact) mass is 274 g/mol. The number of benzene rings is 1. The molecule has 0 spiro atoms. The van der Waals surface area contributed by atoms with E-state index in [1.165, 1.54) is 12.1 Å². The number of aliphatic hydroxyl groups is 1. The second kappa shape index (κ2) is 8.46. The molecule has 1 atom stereocenters. The van der Waals surface area contributed by atoms with Crippen molar-refractivity contribution in [3.05, 3.63) is 34.6 Å². The van der Waals surface area contributed by atoms with E-state index in [9.17, 15) is 9.50 Å². The third-order valence-corrected chi connectivity index (χ3v) is 3.06. The van der Waals surface area contributed by atoms with Gasteiger partial charge in [-0.2, -0.15) is 0 Å². The highest BCUT2D eigenvalue weighted by Crippen LogP contribution is 2.19. The first-order valence-corrected chi connectivity index (χ1v) is 6.71. The van der Waals surface area contributed by atoms with Crippen LogP contribution in [0, 0.1) is 5.82 Å². The van der Waals surface area contributed by atoms with E-state index in [0.717, 1.165) is 25.0 Å². The van der Waals surface area contributed by atoms with Crippen LogP contribution in [0.15, 0.2) is 18.2 Å². The van der Waals surface area contributed by atoms with Crippen molar-refractivity contribution in [1.82, 2.24) is 0 Å². The Kier molecular flexibility index (Phi) is 7.25. The molecule has 4 heteroatoms. The number of hydrogen-bond donors (Lipinski definition) is 1. The molecule has 1 aromatic carbocycles. The van der Waals surface area contributed by atoms with E-state index in [4.69, 9.17) is 16.3 Å². The van der Waals surface area contributed by atoms with E-state index in [-0.39, 0.29) is 5.82 Å². The number of hydrogen-bond acceptors (Lipinski definition) is 2. The normalized spacial score (nSPS) is 12.7. The molecule has 0 amide bonds. The van der Waals surface area contributed by atoms with Gasteiger partial charge in [-0.05, 0) is 37.0 Å². The van der Waals surface area contributed by atoms with Gasteiger partial charge in [0, 0.05) is 18.2 Å². The average molecular weight is 275 g/mol. The lowest BCUT2D eigenvalue weighted by Gasteiger charge is -2.12. The van der Waals surface area contributed by atoms with Gasteiger partial charge >= 0.3 is 0 Å². The second-order valence-electron chi connectivity index (χ2n) is 4.35. The van der Waals surface area contributed by atoms with Crippen molar-refractivity contribution in [2.24, 2.45) is 0 Å². The van der Waals surface area contributed by atoms with Crippen LogP contribution < -0.4 is 0 Å². The smallest absolute Gasteiger partial charge is 0.124 e. The third kappa shape index (κ3) is 5.80. The summed E-state index contributed by atoms with van der Waals surface area (Å²) in [6, 6.07) is 4.23. The highest BCUT2D eigenvalue weighted by Gasteiger charge is 2.09. The van der Waals surface area contributed by atoms with Crippen molar-refractivity contribution in [1.29, 1.82) is 0 Å². The molecule has 0 fully saturated rings. The van der Waals surface area contributed by atoms with Crippen LogP contribution in [0.4, 0.5) is 4.39 Å². The zero-order chi connectivity index (χ0) is 13.4. The molecule has 0 saturated heterocycles. The molecule has 0 aliphatic rings. The summed E-state index contributed by atoms with van der Waals surface area (Å²) in [4.78, 5) is 0. The molecule has 0 aliphatic heterocycles. The van der Waals surface area contributed by atoms with Gasteiger partial charge in [0.05, 0.1) is 6.10 Å². The van der Waals surface area contributed by atoms with E-state index in [0.29, 0.717) is 24.5 Å². The van der Waals surface area contributed by atoms with E-state index in [1.54, 1.807) is 6.07 Å². The predicted molar refractivity (Wildman–Crippen MR) is 71.5 cm³/mol. The molecule has 1 N–H and O–H groups in total. The third-order valence-electron chi connectivity index (χ3n) is 2.71. The van der Waals surface area contributed by atoms with Crippen LogP contribution in [0.1, 0.15) is 31.7 Å². The van der Waals surface area contributed by atoms with E-state index >= 15 is 0 Å². The van der Waals surface area contributed by atoms with Gasteiger partial charge in [-0.15, -0.1) is 0 Å². The minimum atomic E-state index is -0.505. The van der Waals surface area contributed by atoms with Crippen LogP contribution in [0.5, 0.6) is 0 Å². The van der Waals surface area contributed by atoms with Crippen LogP contribution in [0.25, 0.3) is 0 Å². The molecular formula is C14H20ClFO2. The first-order valence-electron chi connectivity index (χ1n) is 6.33. The SMILES string of the molecule is CCCCOCCC(O)Cc1ccc(F)cc1Cl. The highest BCUT2D eigenvalue weighted by atomic mass is 35.5. The summed E-state index contributed by atoms with van der Waals surface area (Å²) in [5.41, 5.74) is 0.763. The van der Waals surface area contributed by atoms with Crippen molar-refractivity contribution in [3.8, 4) is 0 Å². The molecule has 0 bridgehead atoms. The summed E-state index contributed by atoms with van der Waals surface area (Å²) in [5, 5.41) is 10.2. The van der Waals surface area contributed by atoms with Crippen LogP contribution in [0.3, 0.4) is 0 Å². The topological polar surface area (TPSA) is 29.5 Å².